The molecule has 6 nitrogen and oxygen atoms in total. The van der Waals surface area contributed by atoms with Crippen LogP contribution >= 0.6 is 0 Å². The molecule has 1 aromatic carbocycles. The van der Waals surface area contributed by atoms with Gasteiger partial charge in [-0.15, -0.1) is 0 Å². The predicted molar refractivity (Wildman–Crippen MR) is 99.0 cm³/mol. The van der Waals surface area contributed by atoms with Gasteiger partial charge < -0.3 is 0 Å². The fraction of sp³-hybridized carbons (Fsp3) is 0.562. The molecule has 0 fully saturated rings. The molecule has 144 valence electrons. The van der Waals surface area contributed by atoms with Crippen molar-refractivity contribution in [3.63, 3.8) is 0 Å². The molecule has 0 aliphatic carbocycles. The molecule has 0 radical (unpaired) electrons. The van der Waals surface area contributed by atoms with Crippen LogP contribution in [0.4, 0.5) is 0 Å². The number of rotatable bonds is 4. The largest absolute Gasteiger partial charge is 0.260 e. The van der Waals surface area contributed by atoms with Crippen molar-refractivity contribution in [3.8, 4) is 0 Å². The first-order chi connectivity index (χ1) is 10.9. The normalized spacial score (nSPS) is 14.7. The Morgan fingerprint density at radius 1 is 0.680 bits per heavy atom. The Kier molecular flexibility index (Phi) is 5.62. The van der Waals surface area contributed by atoms with E-state index in [-0.39, 0.29) is 4.90 Å². The third kappa shape index (κ3) is 3.93. The predicted octanol–water partition coefficient (Wildman–Crippen LogP) is 2.64. The fourth-order valence-corrected chi connectivity index (χ4v) is 10.5. The van der Waals surface area contributed by atoms with Gasteiger partial charge in [0.2, 0.25) is 0 Å². The van der Waals surface area contributed by atoms with Crippen LogP contribution in [-0.2, 0) is 29.5 Å². The summed E-state index contributed by atoms with van der Waals surface area (Å²) in [5.74, 6) is 0. The molecule has 0 aliphatic heterocycles. The van der Waals surface area contributed by atoms with E-state index < -0.39 is 42.9 Å². The Hall–Kier alpha value is -0.930. The number of hydrogen-bond acceptors (Lipinski definition) is 6. The zero-order chi connectivity index (χ0) is 20.1. The lowest BCUT2D eigenvalue weighted by atomic mass is 10.2. The van der Waals surface area contributed by atoms with Crippen molar-refractivity contribution >= 4 is 29.5 Å². The average molecular weight is 410 g/mol. The van der Waals surface area contributed by atoms with E-state index in [0.717, 1.165) is 5.56 Å². The first kappa shape index (κ1) is 22.1. The van der Waals surface area contributed by atoms with E-state index in [2.05, 4.69) is 0 Å². The highest BCUT2D eigenvalue weighted by molar-refractivity contribution is 8.29. The van der Waals surface area contributed by atoms with Crippen LogP contribution in [0.1, 0.15) is 47.1 Å². The van der Waals surface area contributed by atoms with E-state index in [1.807, 2.05) is 0 Å². The summed E-state index contributed by atoms with van der Waals surface area (Å²) in [6.07, 6.45) is 0. The summed E-state index contributed by atoms with van der Waals surface area (Å²) in [6, 6.07) is 5.39. The maximum Gasteiger partial charge on any atom is 0.0825 e. The number of sulfone groups is 3. The van der Waals surface area contributed by atoms with Crippen LogP contribution in [0.15, 0.2) is 29.2 Å². The second-order valence-corrected chi connectivity index (χ2v) is 15.7. The lowest BCUT2D eigenvalue weighted by molar-refractivity contribution is 0.550. The number of hydrogen-bond donors (Lipinski definition) is 0. The van der Waals surface area contributed by atoms with Gasteiger partial charge >= 0.3 is 0 Å². The molecule has 0 unspecified atom stereocenters. The van der Waals surface area contributed by atoms with E-state index >= 15 is 0 Å². The molecule has 0 spiro atoms. The highest BCUT2D eigenvalue weighted by atomic mass is 32.3. The molecule has 25 heavy (non-hydrogen) atoms. The topological polar surface area (TPSA) is 102 Å². The molecule has 0 aromatic heterocycles. The summed E-state index contributed by atoms with van der Waals surface area (Å²) in [5, 5.41) is 0. The molecule has 1 aromatic rings. The highest BCUT2D eigenvalue weighted by Crippen LogP contribution is 2.42. The summed E-state index contributed by atoms with van der Waals surface area (Å²) in [7, 11) is -14.1. The molecule has 0 atom stereocenters. The lowest BCUT2D eigenvalue weighted by Gasteiger charge is -2.40. The molecule has 0 saturated heterocycles. The second-order valence-electron chi connectivity index (χ2n) is 7.80. The van der Waals surface area contributed by atoms with Gasteiger partial charge in [0.05, 0.1) is 29.5 Å². The minimum absolute atomic E-state index is 0.367. The molecular weight excluding hydrogens is 384 g/mol. The zero-order valence-corrected chi connectivity index (χ0v) is 17.9. The molecule has 1 rings (SSSR count). The molecule has 0 amide bonds. The van der Waals surface area contributed by atoms with E-state index in [9.17, 15) is 25.3 Å². The van der Waals surface area contributed by atoms with Crippen LogP contribution in [0.2, 0.25) is 0 Å². The minimum Gasteiger partial charge on any atom is -0.260 e. The van der Waals surface area contributed by atoms with Crippen LogP contribution in [0, 0.1) is 10.8 Å². The van der Waals surface area contributed by atoms with E-state index in [4.69, 9.17) is 0 Å². The van der Waals surface area contributed by atoms with Gasteiger partial charge in [0.1, 0.15) is 0 Å². The van der Waals surface area contributed by atoms with Crippen molar-refractivity contribution in [2.24, 2.45) is 0 Å². The Morgan fingerprint density at radius 2 is 1.00 bits per heavy atom. The Labute approximate surface area is 151 Å². The summed E-state index contributed by atoms with van der Waals surface area (Å²) in [6.45, 7) is 9.35. The van der Waals surface area contributed by atoms with Crippen LogP contribution in [-0.4, -0.2) is 34.7 Å². The quantitative estimate of drug-likeness (QED) is 0.708. The third-order valence-corrected chi connectivity index (χ3v) is 13.0. The summed E-state index contributed by atoms with van der Waals surface area (Å²) in [4.78, 5) is -0.367. The van der Waals surface area contributed by atoms with Gasteiger partial charge in [0.15, 0.2) is 0 Å². The maximum atomic E-state index is 13.0. The van der Waals surface area contributed by atoms with E-state index in [1.165, 1.54) is 65.8 Å². The van der Waals surface area contributed by atoms with Gasteiger partial charge in [-0.1, -0.05) is 17.7 Å². The van der Waals surface area contributed by atoms with Gasteiger partial charge in [-0.05, 0) is 60.6 Å². The van der Waals surface area contributed by atoms with Crippen LogP contribution in [0.25, 0.3) is 0 Å². The van der Waals surface area contributed by atoms with E-state index in [1.54, 1.807) is 6.92 Å². The molecule has 0 saturated carbocycles. The van der Waals surface area contributed by atoms with Crippen LogP contribution in [0.5, 0.6) is 0 Å². The first-order valence-corrected chi connectivity index (χ1v) is 12.0. The lowest BCUT2D eigenvalue weighted by Crippen LogP contribution is -2.45. The van der Waals surface area contributed by atoms with Gasteiger partial charge in [-0.3, -0.25) is 25.3 Å². The standard InChI is InChI=1S/C16H25O6S3/c1-12-8-10-13(11-9-12)23(17,18)14(24(19,20)15(2,3)4)25(21,22)16(5,6)7/h8-11H,1-7H3/q-1. The van der Waals surface area contributed by atoms with Crippen molar-refractivity contribution in [2.75, 3.05) is 0 Å². The van der Waals surface area contributed by atoms with Crippen LogP contribution < -0.4 is 0 Å². The Balaban J connectivity index is 3.91. The summed E-state index contributed by atoms with van der Waals surface area (Å²) < 4.78 is 73.2. The monoisotopic (exact) mass is 409 g/mol. The number of benzene rings is 1. The molecular formula is C16H25O6S3-. The average Bonchev–Trinajstić information content (AvgIpc) is 2.35. The van der Waals surface area contributed by atoms with Crippen molar-refractivity contribution in [3.05, 3.63) is 33.7 Å². The minimum atomic E-state index is -4.76. The molecule has 0 heterocycles. The van der Waals surface area contributed by atoms with Crippen molar-refractivity contribution in [1.29, 1.82) is 0 Å². The Morgan fingerprint density at radius 3 is 1.28 bits per heavy atom. The Bertz CT molecular complexity index is 896. The van der Waals surface area contributed by atoms with Gasteiger partial charge in [-0.2, -0.15) is 0 Å². The maximum absolute atomic E-state index is 13.0. The van der Waals surface area contributed by atoms with Gasteiger partial charge in [0.25, 0.3) is 0 Å². The molecule has 9 heteroatoms. The molecule has 0 bridgehead atoms. The van der Waals surface area contributed by atoms with Crippen LogP contribution in [0.3, 0.4) is 0 Å². The first-order valence-electron chi connectivity index (χ1n) is 7.55. The van der Waals surface area contributed by atoms with Crippen molar-refractivity contribution in [2.45, 2.75) is 62.9 Å². The summed E-state index contributed by atoms with van der Waals surface area (Å²) >= 11 is 0. The molecule has 0 N–H and O–H groups in total. The zero-order valence-electron chi connectivity index (χ0n) is 15.5. The fourth-order valence-electron chi connectivity index (χ4n) is 1.75. The summed E-state index contributed by atoms with van der Waals surface area (Å²) in [5.41, 5.74) is 0.762. The highest BCUT2D eigenvalue weighted by Gasteiger charge is 2.45. The smallest absolute Gasteiger partial charge is 0.0825 e. The second kappa shape index (κ2) is 6.35. The van der Waals surface area contributed by atoms with E-state index in [0.29, 0.717) is 0 Å². The SMILES string of the molecule is Cc1ccc(S(=O)(=O)[C-](S(=O)(=O)C(C)(C)C)S(=O)(=O)C(C)(C)C)cc1. The van der Waals surface area contributed by atoms with Gasteiger partial charge in [-0.25, -0.2) is 0 Å². The number of aryl methyl sites for hydroxylation is 1. The molecule has 0 aliphatic rings. The third-order valence-electron chi connectivity index (χ3n) is 3.60. The van der Waals surface area contributed by atoms with Crippen molar-refractivity contribution < 1.29 is 25.3 Å². The van der Waals surface area contributed by atoms with Gasteiger partial charge in [0, 0.05) is 18.3 Å². The van der Waals surface area contributed by atoms with Crippen molar-refractivity contribution in [1.82, 2.24) is 0 Å².